The molecule has 1 aliphatic carbocycles. The molecule has 0 radical (unpaired) electrons. The Bertz CT molecular complexity index is 499. The van der Waals surface area contributed by atoms with Crippen LogP contribution in [0.25, 0.3) is 0 Å². The van der Waals surface area contributed by atoms with Crippen LogP contribution in [-0.2, 0) is 17.7 Å². The number of rotatable bonds is 2. The molecule has 1 aliphatic rings. The number of nitrogens with two attached hydrogens (primary N) is 1. The van der Waals surface area contributed by atoms with E-state index in [0.717, 1.165) is 30.5 Å². The van der Waals surface area contributed by atoms with Crippen LogP contribution < -0.4 is 11.1 Å². The second-order valence-corrected chi connectivity index (χ2v) is 4.50. The summed E-state index contributed by atoms with van der Waals surface area (Å²) in [6.07, 6.45) is 7.08. The number of nitrogens with one attached hydrogen (secondary N) is 1. The molecule has 1 aromatic rings. The fraction of sp³-hybridized carbons (Fsp3) is 0.462. The van der Waals surface area contributed by atoms with Gasteiger partial charge in [-0.3, -0.25) is 15.1 Å². The molecule has 1 heterocycles. The summed E-state index contributed by atoms with van der Waals surface area (Å²) in [5, 5.41) is 5.88. The zero-order chi connectivity index (χ0) is 13.7. The highest BCUT2D eigenvalue weighted by Gasteiger charge is 2.13. The third-order valence-electron chi connectivity index (χ3n) is 3.11. The maximum Gasteiger partial charge on any atom is 0.259 e. The molecule has 3 N–H and O–H groups in total. The Labute approximate surface area is 112 Å². The van der Waals surface area contributed by atoms with E-state index in [1.807, 2.05) is 6.07 Å². The van der Waals surface area contributed by atoms with Gasteiger partial charge in [0.2, 0.25) is 5.96 Å². The summed E-state index contributed by atoms with van der Waals surface area (Å²) in [5.74, 6) is -0.389. The van der Waals surface area contributed by atoms with Crippen molar-refractivity contribution in [1.82, 2.24) is 10.3 Å². The van der Waals surface area contributed by atoms with Crippen molar-refractivity contribution in [2.24, 2.45) is 10.9 Å². The maximum absolute atomic E-state index is 11.9. The third-order valence-corrected chi connectivity index (χ3v) is 3.11. The van der Waals surface area contributed by atoms with Crippen LogP contribution in [-0.4, -0.2) is 24.0 Å². The van der Waals surface area contributed by atoms with E-state index in [1.165, 1.54) is 20.0 Å². The minimum absolute atomic E-state index is 0.0672. The molecule has 1 aromatic heterocycles. The molecule has 1 amide bonds. The number of oxime groups is 1. The first-order valence-electron chi connectivity index (χ1n) is 6.36. The molecule has 6 nitrogen and oxygen atoms in total. The maximum atomic E-state index is 11.9. The van der Waals surface area contributed by atoms with Crippen LogP contribution in [0.15, 0.2) is 17.4 Å². The Morgan fingerprint density at radius 1 is 1.42 bits per heavy atom. The van der Waals surface area contributed by atoms with Crippen LogP contribution >= 0.6 is 0 Å². The molecule has 0 bridgehead atoms. The van der Waals surface area contributed by atoms with Crippen LogP contribution in [0.3, 0.4) is 0 Å². The highest BCUT2D eigenvalue weighted by molar-refractivity contribution is 6.05. The van der Waals surface area contributed by atoms with Gasteiger partial charge in [0.25, 0.3) is 5.91 Å². The van der Waals surface area contributed by atoms with E-state index in [4.69, 9.17) is 5.73 Å². The minimum Gasteiger partial charge on any atom is -0.396 e. The monoisotopic (exact) mass is 262 g/mol. The fourth-order valence-corrected chi connectivity index (χ4v) is 2.20. The van der Waals surface area contributed by atoms with Gasteiger partial charge in [-0.15, -0.1) is 0 Å². The van der Waals surface area contributed by atoms with Crippen molar-refractivity contribution in [2.75, 3.05) is 7.11 Å². The van der Waals surface area contributed by atoms with E-state index < -0.39 is 0 Å². The van der Waals surface area contributed by atoms with E-state index in [9.17, 15) is 4.79 Å². The largest absolute Gasteiger partial charge is 0.396 e. The quantitative estimate of drug-likeness (QED) is 0.359. The molecule has 0 fully saturated rings. The first kappa shape index (κ1) is 13.3. The van der Waals surface area contributed by atoms with Crippen molar-refractivity contribution in [3.05, 3.63) is 29.1 Å². The fourth-order valence-electron chi connectivity index (χ4n) is 2.20. The number of aromatic nitrogens is 1. The molecule has 0 aromatic carbocycles. The van der Waals surface area contributed by atoms with Crippen molar-refractivity contribution in [3.8, 4) is 0 Å². The van der Waals surface area contributed by atoms with E-state index >= 15 is 0 Å². The summed E-state index contributed by atoms with van der Waals surface area (Å²) in [4.78, 5) is 20.8. The van der Waals surface area contributed by atoms with Gasteiger partial charge in [0.15, 0.2) is 0 Å². The topological polar surface area (TPSA) is 89.6 Å². The number of carbonyl (C=O) groups is 1. The third kappa shape index (κ3) is 3.43. The molecule has 0 spiro atoms. The summed E-state index contributed by atoms with van der Waals surface area (Å²) < 4.78 is 0. The molecular formula is C13H18N4O2. The number of pyridine rings is 1. The lowest BCUT2D eigenvalue weighted by atomic mass is 10.1. The van der Waals surface area contributed by atoms with E-state index in [-0.39, 0.29) is 11.9 Å². The van der Waals surface area contributed by atoms with Gasteiger partial charge in [-0.1, -0.05) is 6.42 Å². The lowest BCUT2D eigenvalue weighted by Crippen LogP contribution is -2.36. The van der Waals surface area contributed by atoms with Gasteiger partial charge in [0.05, 0.1) is 5.56 Å². The van der Waals surface area contributed by atoms with Gasteiger partial charge < -0.3 is 10.6 Å². The van der Waals surface area contributed by atoms with Crippen LogP contribution in [0.2, 0.25) is 0 Å². The average Bonchev–Trinajstić information content (AvgIpc) is 2.63. The Morgan fingerprint density at radius 2 is 2.21 bits per heavy atom. The lowest BCUT2D eigenvalue weighted by molar-refractivity contribution is 0.0973. The number of guanidine groups is 1. The summed E-state index contributed by atoms with van der Waals surface area (Å²) in [7, 11) is 1.36. The van der Waals surface area contributed by atoms with Gasteiger partial charge in [-0.05, 0) is 42.5 Å². The number of nitrogens with zero attached hydrogens (tertiary/aromatic N) is 2. The van der Waals surface area contributed by atoms with Crippen LogP contribution in [0.1, 0.15) is 40.9 Å². The molecular weight excluding hydrogens is 244 g/mol. The predicted octanol–water partition coefficient (Wildman–Crippen LogP) is 0.956. The smallest absolute Gasteiger partial charge is 0.259 e. The Kier molecular flexibility index (Phi) is 4.33. The van der Waals surface area contributed by atoms with Crippen molar-refractivity contribution in [1.29, 1.82) is 0 Å². The number of fused-ring (bicyclic) bond motifs is 1. The summed E-state index contributed by atoms with van der Waals surface area (Å²) in [6, 6.07) is 1.89. The molecule has 6 heteroatoms. The SMILES string of the molecule is CON=C(N)NC(=O)c1cnc2c(c1)CCCCC2. The number of aryl methyl sites for hydroxylation is 2. The molecule has 0 atom stereocenters. The highest BCUT2D eigenvalue weighted by Crippen LogP contribution is 2.19. The normalized spacial score (nSPS) is 15.3. The van der Waals surface area contributed by atoms with Crippen LogP contribution in [0.5, 0.6) is 0 Å². The Morgan fingerprint density at radius 3 is 3.00 bits per heavy atom. The highest BCUT2D eigenvalue weighted by atomic mass is 16.6. The first-order valence-corrected chi connectivity index (χ1v) is 6.36. The molecule has 19 heavy (non-hydrogen) atoms. The van der Waals surface area contributed by atoms with Crippen molar-refractivity contribution in [2.45, 2.75) is 32.1 Å². The van der Waals surface area contributed by atoms with Crippen LogP contribution in [0, 0.1) is 0 Å². The van der Waals surface area contributed by atoms with E-state index in [2.05, 4.69) is 20.3 Å². The van der Waals surface area contributed by atoms with E-state index in [1.54, 1.807) is 6.20 Å². The summed E-state index contributed by atoms with van der Waals surface area (Å²) in [5.41, 5.74) is 8.22. The van der Waals surface area contributed by atoms with Gasteiger partial charge in [0.1, 0.15) is 7.11 Å². The zero-order valence-corrected chi connectivity index (χ0v) is 11.0. The Balaban J connectivity index is 2.15. The zero-order valence-electron chi connectivity index (χ0n) is 11.0. The summed E-state index contributed by atoms with van der Waals surface area (Å²) >= 11 is 0. The second-order valence-electron chi connectivity index (χ2n) is 4.50. The van der Waals surface area contributed by atoms with E-state index in [0.29, 0.717) is 5.56 Å². The molecule has 0 unspecified atom stereocenters. The number of hydrogen-bond acceptors (Lipinski definition) is 4. The van der Waals surface area contributed by atoms with Crippen molar-refractivity contribution in [3.63, 3.8) is 0 Å². The minimum atomic E-state index is -0.321. The summed E-state index contributed by atoms with van der Waals surface area (Å²) in [6.45, 7) is 0. The van der Waals surface area contributed by atoms with Crippen molar-refractivity contribution >= 4 is 11.9 Å². The molecule has 0 aliphatic heterocycles. The molecule has 2 rings (SSSR count). The molecule has 102 valence electrons. The average molecular weight is 262 g/mol. The van der Waals surface area contributed by atoms with Gasteiger partial charge in [0, 0.05) is 11.9 Å². The molecule has 0 saturated carbocycles. The van der Waals surface area contributed by atoms with Gasteiger partial charge >= 0.3 is 0 Å². The number of hydrogen-bond donors (Lipinski definition) is 2. The number of carbonyl (C=O) groups excluding carboxylic acids is 1. The second kappa shape index (κ2) is 6.17. The van der Waals surface area contributed by atoms with Gasteiger partial charge in [-0.25, -0.2) is 0 Å². The number of amides is 1. The van der Waals surface area contributed by atoms with Gasteiger partial charge in [-0.2, -0.15) is 0 Å². The van der Waals surface area contributed by atoms with Crippen LogP contribution in [0.4, 0.5) is 0 Å². The Hall–Kier alpha value is -2.11. The predicted molar refractivity (Wildman–Crippen MR) is 71.6 cm³/mol. The standard InChI is InChI=1S/C13H18N4O2/c1-19-17-13(14)16-12(18)10-7-9-5-3-2-4-6-11(9)15-8-10/h7-8H,2-6H2,1H3,(H3,14,16,17,18). The molecule has 0 saturated heterocycles. The first-order chi connectivity index (χ1) is 9.20. The van der Waals surface area contributed by atoms with Crippen molar-refractivity contribution < 1.29 is 9.63 Å². The lowest BCUT2D eigenvalue weighted by Gasteiger charge is -2.08.